The Balaban J connectivity index is 1.58. The van der Waals surface area contributed by atoms with Crippen molar-refractivity contribution in [3.8, 4) is 0 Å². The van der Waals surface area contributed by atoms with Gasteiger partial charge in [-0.1, -0.05) is 12.1 Å². The molecular weight excluding hydrogens is 403 g/mol. The number of fused-ring (bicyclic) bond motifs is 1. The maximum atomic E-state index is 13.2. The molecule has 0 radical (unpaired) electrons. The molecule has 0 unspecified atom stereocenters. The van der Waals surface area contributed by atoms with E-state index in [4.69, 9.17) is 4.74 Å². The maximum Gasteiger partial charge on any atom is 0.338 e. The van der Waals surface area contributed by atoms with Crippen LogP contribution in [0.4, 0.5) is 10.1 Å². The molecule has 7 heteroatoms. The number of benzene rings is 2. The second-order valence-electron chi connectivity index (χ2n) is 6.66. The maximum absolute atomic E-state index is 13.2. The summed E-state index contributed by atoms with van der Waals surface area (Å²) < 4.78 is 21.1. The largest absolute Gasteiger partial charge is 0.462 e. The Bertz CT molecular complexity index is 1190. The van der Waals surface area contributed by atoms with Gasteiger partial charge < -0.3 is 14.6 Å². The number of nitrogens with one attached hydrogen (secondary N) is 1. The van der Waals surface area contributed by atoms with Gasteiger partial charge in [-0.3, -0.25) is 4.79 Å². The fourth-order valence-corrected chi connectivity index (χ4v) is 4.03. The van der Waals surface area contributed by atoms with E-state index in [9.17, 15) is 14.0 Å². The molecule has 5 nitrogen and oxygen atoms in total. The third-order valence-corrected chi connectivity index (χ3v) is 5.52. The number of hydrogen-bond acceptors (Lipinski definition) is 4. The van der Waals surface area contributed by atoms with Crippen molar-refractivity contribution in [2.75, 3.05) is 11.9 Å². The molecule has 0 bridgehead atoms. The number of esters is 1. The molecule has 4 rings (SSSR count). The lowest BCUT2D eigenvalue weighted by Gasteiger charge is -2.11. The number of halogens is 1. The molecule has 2 aromatic carbocycles. The normalized spacial score (nSPS) is 10.9. The quantitative estimate of drug-likeness (QED) is 0.428. The Morgan fingerprint density at radius 2 is 1.80 bits per heavy atom. The molecule has 0 saturated carbocycles. The zero-order chi connectivity index (χ0) is 21.1. The van der Waals surface area contributed by atoms with Gasteiger partial charge in [0.2, 0.25) is 0 Å². The molecule has 0 atom stereocenters. The summed E-state index contributed by atoms with van der Waals surface area (Å²) in [6.45, 7) is 2.50. The molecule has 0 aliphatic heterocycles. The number of thiophene rings is 1. The molecule has 1 amide bonds. The highest BCUT2D eigenvalue weighted by Gasteiger charge is 2.17. The average molecular weight is 422 g/mol. The Kier molecular flexibility index (Phi) is 5.63. The molecule has 0 saturated heterocycles. The smallest absolute Gasteiger partial charge is 0.338 e. The minimum atomic E-state index is -0.399. The van der Waals surface area contributed by atoms with Gasteiger partial charge in [0, 0.05) is 12.2 Å². The van der Waals surface area contributed by atoms with E-state index in [2.05, 4.69) is 5.32 Å². The molecule has 2 heterocycles. The van der Waals surface area contributed by atoms with Crippen molar-refractivity contribution in [3.63, 3.8) is 0 Å². The SMILES string of the molecule is CCOC(=O)c1ccc(NC(=O)c2cc3sccc3n2Cc2ccc(F)cc2)cc1. The van der Waals surface area contributed by atoms with Crippen LogP contribution in [0.1, 0.15) is 33.3 Å². The third kappa shape index (κ3) is 4.11. The summed E-state index contributed by atoms with van der Waals surface area (Å²) in [5.41, 5.74) is 3.36. The summed E-state index contributed by atoms with van der Waals surface area (Å²) in [5.74, 6) is -0.954. The first kappa shape index (κ1) is 19.8. The van der Waals surface area contributed by atoms with Gasteiger partial charge in [-0.25, -0.2) is 9.18 Å². The average Bonchev–Trinajstić information content (AvgIpc) is 3.33. The van der Waals surface area contributed by atoms with Crippen molar-refractivity contribution in [1.29, 1.82) is 0 Å². The van der Waals surface area contributed by atoms with Gasteiger partial charge in [-0.05, 0) is 66.4 Å². The van der Waals surface area contributed by atoms with Crippen LogP contribution in [-0.4, -0.2) is 23.1 Å². The molecule has 4 aromatic rings. The van der Waals surface area contributed by atoms with Gasteiger partial charge in [-0.15, -0.1) is 11.3 Å². The lowest BCUT2D eigenvalue weighted by molar-refractivity contribution is 0.0526. The molecule has 0 fully saturated rings. The van der Waals surface area contributed by atoms with E-state index < -0.39 is 5.97 Å². The molecule has 1 N–H and O–H groups in total. The molecule has 0 aliphatic rings. The van der Waals surface area contributed by atoms with E-state index in [1.54, 1.807) is 54.7 Å². The monoisotopic (exact) mass is 422 g/mol. The number of carbonyl (C=O) groups is 2. The molecule has 0 aliphatic carbocycles. The van der Waals surface area contributed by atoms with Crippen molar-refractivity contribution in [1.82, 2.24) is 4.57 Å². The Morgan fingerprint density at radius 3 is 2.50 bits per heavy atom. The van der Waals surface area contributed by atoms with Crippen LogP contribution in [0.3, 0.4) is 0 Å². The zero-order valence-electron chi connectivity index (χ0n) is 16.2. The fourth-order valence-electron chi connectivity index (χ4n) is 3.21. The Labute approximate surface area is 176 Å². The third-order valence-electron chi connectivity index (χ3n) is 4.66. The van der Waals surface area contributed by atoms with Crippen LogP contribution in [0, 0.1) is 5.82 Å². The number of hydrogen-bond donors (Lipinski definition) is 1. The van der Waals surface area contributed by atoms with Crippen LogP contribution in [-0.2, 0) is 11.3 Å². The van der Waals surface area contributed by atoms with E-state index in [0.29, 0.717) is 30.1 Å². The van der Waals surface area contributed by atoms with Crippen LogP contribution in [0.2, 0.25) is 0 Å². The molecule has 0 spiro atoms. The first-order chi connectivity index (χ1) is 14.5. The van der Waals surface area contributed by atoms with Gasteiger partial charge >= 0.3 is 5.97 Å². The summed E-state index contributed by atoms with van der Waals surface area (Å²) in [4.78, 5) is 24.8. The first-order valence-corrected chi connectivity index (χ1v) is 10.3. The van der Waals surface area contributed by atoms with E-state index in [1.807, 2.05) is 22.1 Å². The molecule has 2 aromatic heterocycles. The highest BCUT2D eigenvalue weighted by atomic mass is 32.1. The number of anilines is 1. The van der Waals surface area contributed by atoms with Gasteiger partial charge in [-0.2, -0.15) is 0 Å². The van der Waals surface area contributed by atoms with E-state index in [1.165, 1.54) is 12.1 Å². The highest BCUT2D eigenvalue weighted by molar-refractivity contribution is 7.17. The van der Waals surface area contributed by atoms with Gasteiger partial charge in [0.05, 0.1) is 22.4 Å². The number of nitrogens with zero attached hydrogens (tertiary/aromatic N) is 1. The van der Waals surface area contributed by atoms with Crippen molar-refractivity contribution in [2.45, 2.75) is 13.5 Å². The molecule has 30 heavy (non-hydrogen) atoms. The lowest BCUT2D eigenvalue weighted by Crippen LogP contribution is -2.17. The summed E-state index contributed by atoms with van der Waals surface area (Å²) in [5, 5.41) is 4.85. The Morgan fingerprint density at radius 1 is 1.07 bits per heavy atom. The van der Waals surface area contributed by atoms with Crippen molar-refractivity contribution < 1.29 is 18.7 Å². The van der Waals surface area contributed by atoms with E-state index in [0.717, 1.165) is 15.8 Å². The predicted octanol–water partition coefficient (Wildman–Crippen LogP) is 5.32. The Hall–Kier alpha value is -3.45. The summed E-state index contributed by atoms with van der Waals surface area (Å²) in [6, 6.07) is 16.6. The van der Waals surface area contributed by atoms with Crippen LogP contribution in [0.15, 0.2) is 66.0 Å². The van der Waals surface area contributed by atoms with Gasteiger partial charge in [0.25, 0.3) is 5.91 Å². The number of aromatic nitrogens is 1. The van der Waals surface area contributed by atoms with Crippen molar-refractivity contribution in [3.05, 3.63) is 88.7 Å². The highest BCUT2D eigenvalue weighted by Crippen LogP contribution is 2.27. The van der Waals surface area contributed by atoms with Crippen LogP contribution in [0.5, 0.6) is 0 Å². The van der Waals surface area contributed by atoms with E-state index >= 15 is 0 Å². The first-order valence-electron chi connectivity index (χ1n) is 9.45. The summed E-state index contributed by atoms with van der Waals surface area (Å²) >= 11 is 1.56. The van der Waals surface area contributed by atoms with Crippen LogP contribution >= 0.6 is 11.3 Å². The fraction of sp³-hybridized carbons (Fsp3) is 0.130. The van der Waals surface area contributed by atoms with Crippen LogP contribution in [0.25, 0.3) is 10.2 Å². The summed E-state index contributed by atoms with van der Waals surface area (Å²) in [6.07, 6.45) is 0. The molecular formula is C23H19FN2O3S. The minimum Gasteiger partial charge on any atom is -0.462 e. The number of amides is 1. The second kappa shape index (κ2) is 8.51. The summed E-state index contributed by atoms with van der Waals surface area (Å²) in [7, 11) is 0. The number of rotatable bonds is 6. The molecule has 152 valence electrons. The van der Waals surface area contributed by atoms with Gasteiger partial charge in [0.15, 0.2) is 0 Å². The zero-order valence-corrected chi connectivity index (χ0v) is 17.0. The predicted molar refractivity (Wildman–Crippen MR) is 116 cm³/mol. The van der Waals surface area contributed by atoms with E-state index in [-0.39, 0.29) is 11.7 Å². The lowest BCUT2D eigenvalue weighted by atomic mass is 10.2. The van der Waals surface area contributed by atoms with Gasteiger partial charge in [0.1, 0.15) is 11.5 Å². The number of carbonyl (C=O) groups excluding carboxylic acids is 2. The van der Waals surface area contributed by atoms with Crippen molar-refractivity contribution >= 4 is 39.1 Å². The standard InChI is InChI=1S/C23H19FN2O3S/c1-2-29-23(28)16-5-9-18(10-6-16)25-22(27)20-13-21-19(11-12-30-21)26(20)14-15-3-7-17(24)8-4-15/h3-13H,2,14H2,1H3,(H,25,27). The minimum absolute atomic E-state index is 0.260. The topological polar surface area (TPSA) is 60.3 Å². The van der Waals surface area contributed by atoms with Crippen LogP contribution < -0.4 is 5.32 Å². The second-order valence-corrected chi connectivity index (χ2v) is 7.61. The number of ether oxygens (including phenoxy) is 1. The van der Waals surface area contributed by atoms with Crippen molar-refractivity contribution in [2.24, 2.45) is 0 Å².